The van der Waals surface area contributed by atoms with Crippen molar-refractivity contribution < 1.29 is 4.79 Å². The van der Waals surface area contributed by atoms with Crippen LogP contribution in [0, 0.1) is 0 Å². The van der Waals surface area contributed by atoms with E-state index >= 15 is 0 Å². The first-order chi connectivity index (χ1) is 7.40. The molecule has 0 fully saturated rings. The first kappa shape index (κ1) is 9.46. The quantitative estimate of drug-likeness (QED) is 0.752. The summed E-state index contributed by atoms with van der Waals surface area (Å²) >= 11 is 0. The Morgan fingerprint density at radius 1 is 1.13 bits per heavy atom. The summed E-state index contributed by atoms with van der Waals surface area (Å²) in [6, 6.07) is 13.4. The number of benzene rings is 1. The van der Waals surface area contributed by atoms with Crippen LogP contribution in [-0.2, 0) is 4.79 Å². The van der Waals surface area contributed by atoms with Gasteiger partial charge in [-0.2, -0.15) is 0 Å². The molecule has 1 radical (unpaired) electrons. The summed E-state index contributed by atoms with van der Waals surface area (Å²) in [5, 5.41) is 0. The minimum Gasteiger partial charge on any atom is -0.361 e. The van der Waals surface area contributed by atoms with Crippen LogP contribution in [0.5, 0.6) is 0 Å². The smallest absolute Gasteiger partial charge is 0.235 e. The normalized spacial score (nSPS) is 11.3. The predicted octanol–water partition coefficient (Wildman–Crippen LogP) is 2.67. The van der Waals surface area contributed by atoms with Gasteiger partial charge in [0, 0.05) is 11.9 Å². The van der Waals surface area contributed by atoms with Crippen LogP contribution in [0.25, 0.3) is 11.6 Å². The monoisotopic (exact) mass is 196 g/mol. The van der Waals surface area contributed by atoms with Crippen molar-refractivity contribution in [2.45, 2.75) is 0 Å². The second-order valence-electron chi connectivity index (χ2n) is 3.15. The van der Waals surface area contributed by atoms with E-state index in [2.05, 4.69) is 4.98 Å². The summed E-state index contributed by atoms with van der Waals surface area (Å²) in [6.07, 6.45) is 5.52. The molecule has 1 N–H and O–H groups in total. The summed E-state index contributed by atoms with van der Waals surface area (Å²) in [4.78, 5) is 13.8. The van der Waals surface area contributed by atoms with E-state index in [0.29, 0.717) is 5.57 Å². The zero-order valence-electron chi connectivity index (χ0n) is 8.10. The van der Waals surface area contributed by atoms with Gasteiger partial charge >= 0.3 is 0 Å². The van der Waals surface area contributed by atoms with Gasteiger partial charge in [-0.1, -0.05) is 30.3 Å². The second-order valence-corrected chi connectivity index (χ2v) is 3.15. The second kappa shape index (κ2) is 4.42. The fraction of sp³-hybridized carbons (Fsp3) is 0. The lowest BCUT2D eigenvalue weighted by molar-refractivity contribution is 0.565. The lowest BCUT2D eigenvalue weighted by atomic mass is 10.1. The molecule has 1 aromatic heterocycles. The van der Waals surface area contributed by atoms with Gasteiger partial charge in [0.1, 0.15) is 0 Å². The number of hydrogen-bond donors (Lipinski definition) is 1. The van der Waals surface area contributed by atoms with E-state index in [1.165, 1.54) is 0 Å². The zero-order chi connectivity index (χ0) is 10.5. The maximum Gasteiger partial charge on any atom is 0.235 e. The highest BCUT2D eigenvalue weighted by Crippen LogP contribution is 2.13. The zero-order valence-corrected chi connectivity index (χ0v) is 8.10. The Morgan fingerprint density at radius 3 is 2.53 bits per heavy atom. The molecule has 1 heterocycles. The van der Waals surface area contributed by atoms with Gasteiger partial charge in [0.2, 0.25) is 6.29 Å². The van der Waals surface area contributed by atoms with Gasteiger partial charge in [-0.25, -0.2) is 0 Å². The number of hydrogen-bond acceptors (Lipinski definition) is 1. The highest BCUT2D eigenvalue weighted by Gasteiger charge is 2.01. The third kappa shape index (κ3) is 2.23. The minimum atomic E-state index is 0.534. The molecule has 0 aliphatic rings. The number of carbonyl (C=O) groups excluding carboxylic acids is 1. The summed E-state index contributed by atoms with van der Waals surface area (Å²) < 4.78 is 0. The van der Waals surface area contributed by atoms with Crippen molar-refractivity contribution in [3.05, 3.63) is 59.9 Å². The number of nitrogens with one attached hydrogen (secondary N) is 1. The minimum absolute atomic E-state index is 0.534. The van der Waals surface area contributed by atoms with E-state index in [-0.39, 0.29) is 0 Å². The molecule has 0 unspecified atom stereocenters. The molecule has 0 amide bonds. The Bertz CT molecular complexity index is 455. The van der Waals surface area contributed by atoms with Crippen LogP contribution in [0.3, 0.4) is 0 Å². The molecular weight excluding hydrogens is 186 g/mol. The first-order valence-corrected chi connectivity index (χ1v) is 4.69. The Morgan fingerprint density at radius 2 is 1.93 bits per heavy atom. The van der Waals surface area contributed by atoms with Crippen LogP contribution >= 0.6 is 0 Å². The van der Waals surface area contributed by atoms with Gasteiger partial charge in [0.25, 0.3) is 0 Å². The lowest BCUT2D eigenvalue weighted by Gasteiger charge is -1.96. The molecule has 73 valence electrons. The number of H-pyrrole nitrogens is 1. The maximum atomic E-state index is 10.8. The predicted molar refractivity (Wildman–Crippen MR) is 60.8 cm³/mol. The fourth-order valence-corrected chi connectivity index (χ4v) is 1.38. The van der Waals surface area contributed by atoms with E-state index in [0.717, 1.165) is 11.3 Å². The van der Waals surface area contributed by atoms with Gasteiger partial charge in [0.15, 0.2) is 0 Å². The molecular formula is C13H10NO. The molecule has 2 aromatic rings. The van der Waals surface area contributed by atoms with Gasteiger partial charge in [-0.05, 0) is 23.8 Å². The van der Waals surface area contributed by atoms with Gasteiger partial charge in [0.05, 0.1) is 5.57 Å². The number of allylic oxidation sites excluding steroid dienone is 1. The maximum absolute atomic E-state index is 10.8. The van der Waals surface area contributed by atoms with E-state index in [9.17, 15) is 4.79 Å². The Balaban J connectivity index is 2.36. The average molecular weight is 196 g/mol. The molecule has 0 aliphatic heterocycles. The summed E-state index contributed by atoms with van der Waals surface area (Å²) in [5.41, 5.74) is 2.31. The van der Waals surface area contributed by atoms with E-state index in [1.807, 2.05) is 48.8 Å². The van der Waals surface area contributed by atoms with Crippen LogP contribution in [0.2, 0.25) is 0 Å². The number of aromatic nitrogens is 1. The molecule has 0 spiro atoms. The molecule has 2 heteroatoms. The Kier molecular flexibility index (Phi) is 2.79. The molecule has 1 aromatic carbocycles. The fourth-order valence-electron chi connectivity index (χ4n) is 1.38. The molecule has 2 nitrogen and oxygen atoms in total. The highest BCUT2D eigenvalue weighted by molar-refractivity contribution is 6.13. The van der Waals surface area contributed by atoms with Crippen molar-refractivity contribution in [2.75, 3.05) is 0 Å². The molecule has 0 aliphatic carbocycles. The first-order valence-electron chi connectivity index (χ1n) is 4.69. The van der Waals surface area contributed by atoms with Crippen LogP contribution in [0.15, 0.2) is 48.7 Å². The molecule has 15 heavy (non-hydrogen) atoms. The van der Waals surface area contributed by atoms with Crippen LogP contribution in [0.4, 0.5) is 0 Å². The van der Waals surface area contributed by atoms with Crippen molar-refractivity contribution in [1.82, 2.24) is 4.98 Å². The largest absolute Gasteiger partial charge is 0.361 e. The third-order valence-corrected chi connectivity index (χ3v) is 2.11. The number of rotatable bonds is 3. The van der Waals surface area contributed by atoms with Gasteiger partial charge < -0.3 is 4.98 Å². The number of aromatic amines is 1. The molecule has 0 atom stereocenters. The standard InChI is InChI=1S/C13H10NO/c15-10-12(13-7-4-8-14-13)9-11-5-2-1-3-6-11/h1-9,14H. The van der Waals surface area contributed by atoms with Gasteiger partial charge in [-0.15, -0.1) is 0 Å². The van der Waals surface area contributed by atoms with E-state index < -0.39 is 0 Å². The van der Waals surface area contributed by atoms with E-state index in [4.69, 9.17) is 0 Å². The van der Waals surface area contributed by atoms with Crippen LogP contribution < -0.4 is 0 Å². The Hall–Kier alpha value is -2.09. The van der Waals surface area contributed by atoms with Crippen molar-refractivity contribution in [3.63, 3.8) is 0 Å². The lowest BCUT2D eigenvalue weighted by Crippen LogP contribution is -1.85. The van der Waals surface area contributed by atoms with Crippen molar-refractivity contribution in [2.24, 2.45) is 0 Å². The van der Waals surface area contributed by atoms with Crippen LogP contribution in [-0.4, -0.2) is 11.3 Å². The van der Waals surface area contributed by atoms with Crippen molar-refractivity contribution in [1.29, 1.82) is 0 Å². The summed E-state index contributed by atoms with van der Waals surface area (Å²) in [6.45, 7) is 0. The third-order valence-electron chi connectivity index (χ3n) is 2.11. The molecule has 0 bridgehead atoms. The van der Waals surface area contributed by atoms with Crippen molar-refractivity contribution in [3.8, 4) is 0 Å². The molecule has 2 rings (SSSR count). The van der Waals surface area contributed by atoms with E-state index in [1.54, 1.807) is 12.3 Å². The SMILES string of the molecule is O=[C]C(=Cc1ccccc1)c1ccc[nH]1. The highest BCUT2D eigenvalue weighted by atomic mass is 16.1. The summed E-state index contributed by atoms with van der Waals surface area (Å²) in [7, 11) is 0. The van der Waals surface area contributed by atoms with Crippen LogP contribution in [0.1, 0.15) is 11.3 Å². The molecule has 0 saturated heterocycles. The summed E-state index contributed by atoms with van der Waals surface area (Å²) in [5.74, 6) is 0. The topological polar surface area (TPSA) is 32.9 Å². The van der Waals surface area contributed by atoms with Crippen molar-refractivity contribution >= 4 is 17.9 Å². The molecule has 0 saturated carbocycles. The average Bonchev–Trinajstić information content (AvgIpc) is 2.81. The van der Waals surface area contributed by atoms with Gasteiger partial charge in [-0.3, -0.25) is 4.79 Å². The Labute approximate surface area is 88.3 Å².